The molecule has 2 aromatic rings. The lowest BCUT2D eigenvalue weighted by atomic mass is 10.2. The van der Waals surface area contributed by atoms with Crippen LogP contribution in [-0.2, 0) is 33.0 Å². The molecule has 1 saturated heterocycles. The van der Waals surface area contributed by atoms with E-state index in [0.717, 1.165) is 75.5 Å². The van der Waals surface area contributed by atoms with Gasteiger partial charge >= 0.3 is 0 Å². The molecule has 0 saturated carbocycles. The van der Waals surface area contributed by atoms with Crippen LogP contribution in [0.2, 0.25) is 0 Å². The number of rotatable bonds is 5. The summed E-state index contributed by atoms with van der Waals surface area (Å²) in [5.41, 5.74) is 3.46. The maximum atomic E-state index is 12.2. The Balaban J connectivity index is 1.28. The molecule has 0 unspecified atom stereocenters. The van der Waals surface area contributed by atoms with Crippen LogP contribution in [0.25, 0.3) is 0 Å². The van der Waals surface area contributed by atoms with Crippen LogP contribution in [0, 0.1) is 0 Å². The first kappa shape index (κ1) is 16.4. The standard InChI is InChI=1S/C17H25N7O/c1-21-15(12-18-20-21)13-23-7-5-22(6-8-23)9-10-24-17(25)11-14-3-2-4-16(14)19-24/h11-12H,2-10,13H2,1H3. The van der Waals surface area contributed by atoms with E-state index in [9.17, 15) is 4.79 Å². The fourth-order valence-electron chi connectivity index (χ4n) is 3.69. The summed E-state index contributed by atoms with van der Waals surface area (Å²) in [6, 6.07) is 1.79. The van der Waals surface area contributed by atoms with E-state index in [-0.39, 0.29) is 5.56 Å². The minimum atomic E-state index is 0.0444. The van der Waals surface area contributed by atoms with Gasteiger partial charge in [0.2, 0.25) is 0 Å². The first-order valence-corrected chi connectivity index (χ1v) is 9.07. The highest BCUT2D eigenvalue weighted by Crippen LogP contribution is 2.17. The second kappa shape index (κ2) is 7.05. The number of nitrogens with zero attached hydrogens (tertiary/aromatic N) is 7. The number of hydrogen-bond acceptors (Lipinski definition) is 6. The average Bonchev–Trinajstić information content (AvgIpc) is 3.23. The topological polar surface area (TPSA) is 72.1 Å². The van der Waals surface area contributed by atoms with Gasteiger partial charge in [0.25, 0.3) is 5.56 Å². The quantitative estimate of drug-likeness (QED) is 0.741. The molecule has 1 aliphatic heterocycles. The summed E-state index contributed by atoms with van der Waals surface area (Å²) in [6.07, 6.45) is 4.97. The third-order valence-electron chi connectivity index (χ3n) is 5.31. The fraction of sp³-hybridized carbons (Fsp3) is 0.647. The molecule has 2 aromatic heterocycles. The smallest absolute Gasteiger partial charge is 0.267 e. The van der Waals surface area contributed by atoms with Gasteiger partial charge in [-0.25, -0.2) is 4.68 Å². The summed E-state index contributed by atoms with van der Waals surface area (Å²) in [5, 5.41) is 12.5. The fourth-order valence-corrected chi connectivity index (χ4v) is 3.69. The molecule has 1 aliphatic carbocycles. The normalized spacial score (nSPS) is 18.6. The maximum absolute atomic E-state index is 12.2. The van der Waals surface area contributed by atoms with Crippen molar-refractivity contribution in [3.8, 4) is 0 Å². The number of fused-ring (bicyclic) bond motifs is 1. The Morgan fingerprint density at radius 2 is 1.88 bits per heavy atom. The summed E-state index contributed by atoms with van der Waals surface area (Å²) >= 11 is 0. The van der Waals surface area contributed by atoms with Gasteiger partial charge in [-0.1, -0.05) is 5.21 Å². The average molecular weight is 343 g/mol. The summed E-state index contributed by atoms with van der Waals surface area (Å²) in [5.74, 6) is 0. The minimum absolute atomic E-state index is 0.0444. The lowest BCUT2D eigenvalue weighted by Crippen LogP contribution is -2.47. The second-order valence-electron chi connectivity index (χ2n) is 7.00. The van der Waals surface area contributed by atoms with Gasteiger partial charge in [0, 0.05) is 52.4 Å². The molecule has 0 atom stereocenters. The van der Waals surface area contributed by atoms with Gasteiger partial charge in [-0.05, 0) is 24.8 Å². The molecule has 134 valence electrons. The molecule has 4 rings (SSSR count). The van der Waals surface area contributed by atoms with E-state index in [2.05, 4.69) is 25.2 Å². The van der Waals surface area contributed by atoms with Gasteiger partial charge in [0.05, 0.1) is 24.1 Å². The Kier molecular flexibility index (Phi) is 4.63. The van der Waals surface area contributed by atoms with Crippen LogP contribution < -0.4 is 5.56 Å². The second-order valence-corrected chi connectivity index (χ2v) is 7.00. The van der Waals surface area contributed by atoms with Gasteiger partial charge in [0.1, 0.15) is 0 Å². The van der Waals surface area contributed by atoms with Crippen molar-refractivity contribution in [1.29, 1.82) is 0 Å². The lowest BCUT2D eigenvalue weighted by molar-refractivity contribution is 0.120. The van der Waals surface area contributed by atoms with Crippen LogP contribution in [0.3, 0.4) is 0 Å². The van der Waals surface area contributed by atoms with E-state index >= 15 is 0 Å². The Hall–Kier alpha value is -2.06. The van der Waals surface area contributed by atoms with Crippen molar-refractivity contribution < 1.29 is 0 Å². The van der Waals surface area contributed by atoms with E-state index in [1.54, 1.807) is 10.7 Å². The zero-order valence-electron chi connectivity index (χ0n) is 14.8. The van der Waals surface area contributed by atoms with Crippen molar-refractivity contribution in [2.45, 2.75) is 32.4 Å². The lowest BCUT2D eigenvalue weighted by Gasteiger charge is -2.34. The summed E-state index contributed by atoms with van der Waals surface area (Å²) in [4.78, 5) is 17.0. The SMILES string of the molecule is Cn1nncc1CN1CCN(CCn2nc3c(cc2=O)CCC3)CC1. The van der Waals surface area contributed by atoms with Crippen molar-refractivity contribution in [3.05, 3.63) is 39.6 Å². The number of aromatic nitrogens is 5. The molecule has 2 aliphatic rings. The van der Waals surface area contributed by atoms with Crippen molar-refractivity contribution in [3.63, 3.8) is 0 Å². The maximum Gasteiger partial charge on any atom is 0.267 e. The molecule has 0 radical (unpaired) electrons. The summed E-state index contributed by atoms with van der Waals surface area (Å²) in [7, 11) is 1.93. The third kappa shape index (κ3) is 3.64. The highest BCUT2D eigenvalue weighted by atomic mass is 16.1. The molecule has 0 N–H and O–H groups in total. The van der Waals surface area contributed by atoms with Crippen LogP contribution in [0.5, 0.6) is 0 Å². The molecule has 8 heteroatoms. The van der Waals surface area contributed by atoms with Crippen LogP contribution in [0.1, 0.15) is 23.4 Å². The Morgan fingerprint density at radius 1 is 1.08 bits per heavy atom. The molecular weight excluding hydrogens is 318 g/mol. The molecule has 1 fully saturated rings. The zero-order valence-corrected chi connectivity index (χ0v) is 14.8. The number of hydrogen-bond donors (Lipinski definition) is 0. The van der Waals surface area contributed by atoms with Crippen molar-refractivity contribution in [2.75, 3.05) is 32.7 Å². The van der Waals surface area contributed by atoms with Crippen molar-refractivity contribution >= 4 is 0 Å². The van der Waals surface area contributed by atoms with E-state index in [0.29, 0.717) is 6.54 Å². The van der Waals surface area contributed by atoms with Crippen molar-refractivity contribution in [2.24, 2.45) is 7.05 Å². The molecule has 0 spiro atoms. The van der Waals surface area contributed by atoms with Crippen LogP contribution in [0.4, 0.5) is 0 Å². The van der Waals surface area contributed by atoms with E-state index in [1.807, 2.05) is 17.9 Å². The summed E-state index contributed by atoms with van der Waals surface area (Å²) in [6.45, 7) is 6.54. The van der Waals surface area contributed by atoms with Gasteiger partial charge in [-0.3, -0.25) is 19.3 Å². The summed E-state index contributed by atoms with van der Waals surface area (Å²) < 4.78 is 3.48. The van der Waals surface area contributed by atoms with Crippen molar-refractivity contribution in [1.82, 2.24) is 34.6 Å². The number of piperazine rings is 1. The highest BCUT2D eigenvalue weighted by Gasteiger charge is 2.19. The predicted octanol–water partition coefficient (Wildman–Crippen LogP) is -0.322. The van der Waals surface area contributed by atoms with Gasteiger partial charge in [0.15, 0.2) is 0 Å². The molecule has 0 aromatic carbocycles. The molecule has 25 heavy (non-hydrogen) atoms. The van der Waals surface area contributed by atoms with E-state index in [4.69, 9.17) is 0 Å². The third-order valence-corrected chi connectivity index (χ3v) is 5.31. The first-order chi connectivity index (χ1) is 12.2. The molecule has 0 bridgehead atoms. The molecule has 0 amide bonds. The van der Waals surface area contributed by atoms with Gasteiger partial charge in [-0.2, -0.15) is 5.10 Å². The monoisotopic (exact) mass is 343 g/mol. The largest absolute Gasteiger partial charge is 0.299 e. The van der Waals surface area contributed by atoms with Crippen LogP contribution >= 0.6 is 0 Å². The van der Waals surface area contributed by atoms with E-state index in [1.165, 1.54) is 0 Å². The van der Waals surface area contributed by atoms with E-state index < -0.39 is 0 Å². The van der Waals surface area contributed by atoms with Crippen LogP contribution in [-0.4, -0.2) is 67.3 Å². The molecule has 3 heterocycles. The highest BCUT2D eigenvalue weighted by molar-refractivity contribution is 5.22. The predicted molar refractivity (Wildman–Crippen MR) is 93.2 cm³/mol. The number of aryl methyl sites for hydroxylation is 3. The Morgan fingerprint density at radius 3 is 2.64 bits per heavy atom. The molecule has 8 nitrogen and oxygen atoms in total. The van der Waals surface area contributed by atoms with Crippen LogP contribution in [0.15, 0.2) is 17.1 Å². The van der Waals surface area contributed by atoms with Gasteiger partial charge < -0.3 is 0 Å². The minimum Gasteiger partial charge on any atom is -0.299 e. The Bertz CT molecular complexity index is 789. The Labute approximate surface area is 147 Å². The molecular formula is C17H25N7O. The first-order valence-electron chi connectivity index (χ1n) is 9.07. The zero-order chi connectivity index (χ0) is 17.2. The van der Waals surface area contributed by atoms with Gasteiger partial charge in [-0.15, -0.1) is 5.10 Å².